The number of hydrogen-bond donors (Lipinski definition) is 0. The maximum absolute atomic E-state index is 2.39. The maximum Gasteiger partial charge on any atom is 0.0788 e. The summed E-state index contributed by atoms with van der Waals surface area (Å²) in [5.41, 5.74) is 0. The van der Waals surface area contributed by atoms with Gasteiger partial charge in [0.25, 0.3) is 0 Å². The van der Waals surface area contributed by atoms with E-state index >= 15 is 0 Å². The third-order valence-corrected chi connectivity index (χ3v) is 4.92. The van der Waals surface area contributed by atoms with Crippen molar-refractivity contribution in [3.63, 3.8) is 0 Å². The van der Waals surface area contributed by atoms with Crippen LogP contribution in [0.1, 0.15) is 84.5 Å². The number of unbranched alkanes of at least 4 members (excludes halogenated alkanes) is 8. The second-order valence-electron chi connectivity index (χ2n) is 6.36. The molecule has 19 heavy (non-hydrogen) atoms. The van der Waals surface area contributed by atoms with E-state index in [2.05, 4.69) is 13.8 Å². The van der Waals surface area contributed by atoms with Gasteiger partial charge < -0.3 is 9.19 Å². The van der Waals surface area contributed by atoms with Gasteiger partial charge in [0, 0.05) is 12.8 Å². The van der Waals surface area contributed by atoms with Gasteiger partial charge in [-0.3, -0.25) is 0 Å². The summed E-state index contributed by atoms with van der Waals surface area (Å²) in [5.74, 6) is 0. The fourth-order valence-electron chi connectivity index (χ4n) is 3.46. The van der Waals surface area contributed by atoms with Crippen molar-refractivity contribution in [2.75, 3.05) is 26.2 Å². The van der Waals surface area contributed by atoms with Crippen molar-refractivity contribution < 1.29 is 9.19 Å². The summed E-state index contributed by atoms with van der Waals surface area (Å²) in [5, 5.41) is 0. The fourth-order valence-corrected chi connectivity index (χ4v) is 3.46. The zero-order valence-corrected chi connectivity index (χ0v) is 13.4. The Hall–Kier alpha value is -0.110. The van der Waals surface area contributed by atoms with E-state index in [1.165, 1.54) is 101 Å². The number of likely N-dealkylation sites (tertiary alicyclic amines) is 1. The maximum atomic E-state index is 2.39. The molecule has 1 rings (SSSR count). The number of hydrogen-bond acceptors (Lipinski definition) is 0. The zero-order valence-electron chi connectivity index (χ0n) is 13.4. The Morgan fingerprint density at radius 1 is 0.684 bits per heavy atom. The van der Waals surface area contributed by atoms with Crippen LogP contribution in [0.25, 0.3) is 0 Å². The van der Waals surface area contributed by atoms with Crippen LogP contribution < -0.4 is 4.70 Å². The zero-order chi connectivity index (χ0) is 13.1. The Bertz CT molecular complexity index is 188. The molecule has 0 aromatic carbocycles. The van der Waals surface area contributed by atoms with Gasteiger partial charge in [0.1, 0.15) is 0 Å². The Labute approximate surface area is 120 Å². The molecule has 1 aliphatic rings. The van der Waals surface area contributed by atoms with Crippen LogP contribution >= 0.6 is 0 Å². The number of quaternary nitrogens is 1. The monoisotopic (exact) mass is 273 g/mol. The molecule has 0 aromatic heterocycles. The van der Waals surface area contributed by atoms with Crippen LogP contribution in [0.4, 0.5) is 0 Å². The van der Waals surface area contributed by atoms with Crippen molar-refractivity contribution in [1.29, 1.82) is 0 Å². The van der Waals surface area contributed by atoms with Crippen LogP contribution in [0.15, 0.2) is 0 Å². The molecule has 1 nitrogen and oxygen atoms in total. The van der Waals surface area contributed by atoms with Gasteiger partial charge in [0.15, 0.2) is 0 Å². The van der Waals surface area contributed by atoms with E-state index in [9.17, 15) is 0 Å². The van der Waals surface area contributed by atoms with Crippen LogP contribution in [0, 0.1) is 0 Å². The number of rotatable bonds is 11. The summed E-state index contributed by atoms with van der Waals surface area (Å²) in [6.07, 6.45) is 16.1. The first-order valence-electron chi connectivity index (χ1n) is 8.68. The highest BCUT2D eigenvalue weighted by Gasteiger charge is 2.28. The fraction of sp³-hybridized carbons (Fsp3) is 1.00. The smallest absolute Gasteiger partial charge is 0.0788 e. The van der Waals surface area contributed by atoms with Gasteiger partial charge in [-0.1, -0.05) is 51.9 Å². The topological polar surface area (TPSA) is 0 Å². The van der Waals surface area contributed by atoms with E-state index in [0.29, 0.717) is 0 Å². The first-order valence-corrected chi connectivity index (χ1v) is 8.68. The van der Waals surface area contributed by atoms with Gasteiger partial charge in [0.05, 0.1) is 26.2 Å². The summed E-state index contributed by atoms with van der Waals surface area (Å²) in [6, 6.07) is 0. The van der Waals surface area contributed by atoms with E-state index in [4.69, 9.17) is 0 Å². The molecule has 1 heterocycles. The predicted octanol–water partition coefficient (Wildman–Crippen LogP) is 2.15. The van der Waals surface area contributed by atoms with E-state index in [1.807, 2.05) is 0 Å². The summed E-state index contributed by atoms with van der Waals surface area (Å²) in [6.45, 7) is 10.5. The highest BCUT2D eigenvalue weighted by molar-refractivity contribution is 4.55. The van der Waals surface area contributed by atoms with Crippen molar-refractivity contribution in [3.8, 4) is 0 Å². The standard InChI is InChI=1S/C17H36N.FH/c1-3-5-6-7-8-9-10-11-12-15-18(4-2)16-13-14-17-18;/h3-17H2,1-2H3;1H/q+1;/p-1. The Morgan fingerprint density at radius 3 is 1.63 bits per heavy atom. The van der Waals surface area contributed by atoms with Gasteiger partial charge in [0.2, 0.25) is 0 Å². The molecule has 0 unspecified atom stereocenters. The van der Waals surface area contributed by atoms with Crippen LogP contribution in [-0.2, 0) is 0 Å². The minimum absolute atomic E-state index is 0. The van der Waals surface area contributed by atoms with Crippen LogP contribution in [-0.4, -0.2) is 30.7 Å². The third-order valence-electron chi connectivity index (χ3n) is 4.92. The lowest BCUT2D eigenvalue weighted by molar-refractivity contribution is -0.915. The highest BCUT2D eigenvalue weighted by atomic mass is 19.0. The summed E-state index contributed by atoms with van der Waals surface area (Å²) in [7, 11) is 0. The first kappa shape index (κ1) is 18.9. The summed E-state index contributed by atoms with van der Waals surface area (Å²) >= 11 is 0. The van der Waals surface area contributed by atoms with Crippen LogP contribution in [0.5, 0.6) is 0 Å². The second-order valence-corrected chi connectivity index (χ2v) is 6.36. The molecule has 0 atom stereocenters. The van der Waals surface area contributed by atoms with Gasteiger partial charge in [-0.25, -0.2) is 0 Å². The summed E-state index contributed by atoms with van der Waals surface area (Å²) in [4.78, 5) is 0. The largest absolute Gasteiger partial charge is 1.00 e. The molecule has 2 heteroatoms. The van der Waals surface area contributed by atoms with Crippen molar-refractivity contribution in [2.45, 2.75) is 84.5 Å². The van der Waals surface area contributed by atoms with E-state index in [0.717, 1.165) is 0 Å². The molecule has 1 saturated heterocycles. The second kappa shape index (κ2) is 11.7. The van der Waals surface area contributed by atoms with E-state index in [-0.39, 0.29) is 4.70 Å². The summed E-state index contributed by atoms with van der Waals surface area (Å²) < 4.78 is 1.44. The quantitative estimate of drug-likeness (QED) is 0.400. The van der Waals surface area contributed by atoms with Gasteiger partial charge in [-0.15, -0.1) is 0 Å². The van der Waals surface area contributed by atoms with Crippen LogP contribution in [0.2, 0.25) is 0 Å². The average Bonchev–Trinajstić information content (AvgIpc) is 2.86. The van der Waals surface area contributed by atoms with Gasteiger partial charge >= 0.3 is 0 Å². The first-order chi connectivity index (χ1) is 8.83. The molecule has 0 radical (unpaired) electrons. The molecule has 116 valence electrons. The van der Waals surface area contributed by atoms with Crippen molar-refractivity contribution in [2.24, 2.45) is 0 Å². The molecule has 0 spiro atoms. The number of halogens is 1. The lowest BCUT2D eigenvalue weighted by Gasteiger charge is -2.33. The number of nitrogens with zero attached hydrogens (tertiary/aromatic N) is 1. The lowest BCUT2D eigenvalue weighted by Crippen LogP contribution is -3.00. The third kappa shape index (κ3) is 7.91. The minimum atomic E-state index is 0. The predicted molar refractivity (Wildman–Crippen MR) is 81.9 cm³/mol. The lowest BCUT2D eigenvalue weighted by atomic mass is 10.1. The van der Waals surface area contributed by atoms with E-state index < -0.39 is 0 Å². The Kier molecular flexibility index (Phi) is 11.6. The molecule has 0 N–H and O–H groups in total. The van der Waals surface area contributed by atoms with Crippen molar-refractivity contribution >= 4 is 0 Å². The molecular weight excluding hydrogens is 237 g/mol. The molecule has 0 amide bonds. The SMILES string of the molecule is CCCCCCCCCCC[N+]1(CC)CCCC1.[F-]. The highest BCUT2D eigenvalue weighted by Crippen LogP contribution is 2.20. The molecule has 0 aromatic rings. The molecule has 1 aliphatic heterocycles. The van der Waals surface area contributed by atoms with Gasteiger partial charge in [-0.05, 0) is 19.8 Å². The molecule has 0 aliphatic carbocycles. The Balaban J connectivity index is 0.00000324. The van der Waals surface area contributed by atoms with E-state index in [1.54, 1.807) is 0 Å². The Morgan fingerprint density at radius 2 is 1.16 bits per heavy atom. The normalized spacial score (nSPS) is 17.4. The molecular formula is C17H36FN. The average molecular weight is 273 g/mol. The van der Waals surface area contributed by atoms with Crippen molar-refractivity contribution in [1.82, 2.24) is 0 Å². The van der Waals surface area contributed by atoms with Crippen LogP contribution in [0.3, 0.4) is 0 Å². The molecule has 0 saturated carbocycles. The van der Waals surface area contributed by atoms with Gasteiger partial charge in [-0.2, -0.15) is 0 Å². The molecule has 1 fully saturated rings. The molecule has 0 bridgehead atoms. The minimum Gasteiger partial charge on any atom is -1.00 e. The van der Waals surface area contributed by atoms with Crippen molar-refractivity contribution in [3.05, 3.63) is 0 Å².